The van der Waals surface area contributed by atoms with Gasteiger partial charge in [-0.3, -0.25) is 4.79 Å². The highest BCUT2D eigenvalue weighted by atomic mass is 32.2. The molecule has 1 aliphatic heterocycles. The highest BCUT2D eigenvalue weighted by molar-refractivity contribution is 7.91. The van der Waals surface area contributed by atoms with Gasteiger partial charge in [0, 0.05) is 30.6 Å². The lowest BCUT2D eigenvalue weighted by molar-refractivity contribution is 0.0999. The van der Waals surface area contributed by atoms with E-state index in [0.717, 1.165) is 36.1 Å². The van der Waals surface area contributed by atoms with Gasteiger partial charge in [0.15, 0.2) is 0 Å². The van der Waals surface area contributed by atoms with E-state index in [0.29, 0.717) is 28.8 Å². The molecule has 1 aromatic heterocycles. The Morgan fingerprint density at radius 1 is 1.09 bits per heavy atom. The third kappa shape index (κ3) is 5.58. The molecule has 0 radical (unpaired) electrons. The van der Waals surface area contributed by atoms with Gasteiger partial charge in [0.05, 0.1) is 0 Å². The number of amides is 1. The SMILES string of the molecule is COC(c1cccc(C(N)=O)c1)c1ccc(S(=O)(=O)N2CCC(CCc3ccccc3)CC2)s1. The summed E-state index contributed by atoms with van der Waals surface area (Å²) in [6.45, 7) is 1.09. The van der Waals surface area contributed by atoms with E-state index >= 15 is 0 Å². The molecule has 2 N–H and O–H groups in total. The lowest BCUT2D eigenvalue weighted by atomic mass is 9.91. The van der Waals surface area contributed by atoms with Crippen molar-refractivity contribution in [2.75, 3.05) is 20.2 Å². The number of methoxy groups -OCH3 is 1. The molecule has 1 amide bonds. The van der Waals surface area contributed by atoms with E-state index in [1.54, 1.807) is 41.7 Å². The van der Waals surface area contributed by atoms with Gasteiger partial charge in [0.1, 0.15) is 10.3 Å². The molecule has 0 bridgehead atoms. The number of thiophene rings is 1. The molecule has 3 aromatic rings. The van der Waals surface area contributed by atoms with E-state index in [2.05, 4.69) is 24.3 Å². The van der Waals surface area contributed by atoms with Gasteiger partial charge in [-0.15, -0.1) is 11.3 Å². The van der Waals surface area contributed by atoms with Crippen LogP contribution in [0, 0.1) is 5.92 Å². The first-order valence-corrected chi connectivity index (χ1v) is 13.7. The Balaban J connectivity index is 1.41. The number of ether oxygens (including phenoxy) is 1. The summed E-state index contributed by atoms with van der Waals surface area (Å²) in [7, 11) is -1.99. The Labute approximate surface area is 205 Å². The van der Waals surface area contributed by atoms with Crippen molar-refractivity contribution in [1.82, 2.24) is 4.31 Å². The van der Waals surface area contributed by atoms with Gasteiger partial charge in [0.25, 0.3) is 10.0 Å². The lowest BCUT2D eigenvalue weighted by Gasteiger charge is -2.30. The van der Waals surface area contributed by atoms with Crippen LogP contribution in [0.2, 0.25) is 0 Å². The predicted octanol–water partition coefficient (Wildman–Crippen LogP) is 4.62. The van der Waals surface area contributed by atoms with Crippen LogP contribution in [0.25, 0.3) is 0 Å². The van der Waals surface area contributed by atoms with E-state index in [4.69, 9.17) is 10.5 Å². The number of hydrogen-bond donors (Lipinski definition) is 1. The molecule has 34 heavy (non-hydrogen) atoms. The number of nitrogens with two attached hydrogens (primary N) is 1. The Bertz CT molecular complexity index is 1220. The van der Waals surface area contributed by atoms with Gasteiger partial charge >= 0.3 is 0 Å². The molecule has 1 fully saturated rings. The normalized spacial score (nSPS) is 16.4. The number of carbonyl (C=O) groups excluding carboxylic acids is 1. The number of hydrogen-bond acceptors (Lipinski definition) is 5. The van der Waals surface area contributed by atoms with Crippen molar-refractivity contribution in [2.45, 2.75) is 36.0 Å². The largest absolute Gasteiger partial charge is 0.371 e. The number of piperidine rings is 1. The maximum Gasteiger partial charge on any atom is 0.252 e. The second-order valence-corrected chi connectivity index (χ2v) is 11.9. The number of rotatable bonds is 9. The first-order chi connectivity index (χ1) is 16.4. The van der Waals surface area contributed by atoms with Gasteiger partial charge < -0.3 is 10.5 Å². The van der Waals surface area contributed by atoms with Gasteiger partial charge in [-0.25, -0.2) is 8.42 Å². The number of aryl methyl sites for hydroxylation is 1. The van der Waals surface area contributed by atoms with Crippen molar-refractivity contribution >= 4 is 27.3 Å². The zero-order valence-electron chi connectivity index (χ0n) is 19.2. The third-order valence-electron chi connectivity index (χ3n) is 6.42. The average molecular weight is 499 g/mol. The Kier molecular flexibility index (Phi) is 7.83. The van der Waals surface area contributed by atoms with Gasteiger partial charge in [-0.1, -0.05) is 42.5 Å². The van der Waals surface area contributed by atoms with Crippen LogP contribution >= 0.6 is 11.3 Å². The minimum absolute atomic E-state index is 0.318. The van der Waals surface area contributed by atoms with Crippen molar-refractivity contribution in [2.24, 2.45) is 11.7 Å². The van der Waals surface area contributed by atoms with E-state index in [1.165, 1.54) is 16.9 Å². The number of nitrogens with zero attached hydrogens (tertiary/aromatic N) is 1. The first kappa shape index (κ1) is 24.6. The Morgan fingerprint density at radius 3 is 2.50 bits per heavy atom. The summed E-state index contributed by atoms with van der Waals surface area (Å²) in [5, 5.41) is 0. The molecule has 1 aliphatic rings. The molecular formula is C26H30N2O4S2. The molecular weight excluding hydrogens is 468 g/mol. The number of primary amides is 1. The van der Waals surface area contributed by atoms with E-state index < -0.39 is 22.0 Å². The summed E-state index contributed by atoms with van der Waals surface area (Å²) >= 11 is 1.21. The van der Waals surface area contributed by atoms with Crippen LogP contribution < -0.4 is 5.73 Å². The molecule has 1 atom stereocenters. The minimum Gasteiger partial charge on any atom is -0.371 e. The first-order valence-electron chi connectivity index (χ1n) is 11.4. The highest BCUT2D eigenvalue weighted by Crippen LogP contribution is 2.35. The fraction of sp³-hybridized carbons (Fsp3) is 0.346. The molecule has 0 aliphatic carbocycles. The fourth-order valence-electron chi connectivity index (χ4n) is 4.47. The van der Waals surface area contributed by atoms with Crippen molar-refractivity contribution in [3.63, 3.8) is 0 Å². The van der Waals surface area contributed by atoms with Crippen molar-refractivity contribution in [3.8, 4) is 0 Å². The van der Waals surface area contributed by atoms with Crippen LogP contribution in [0.4, 0.5) is 0 Å². The summed E-state index contributed by atoms with van der Waals surface area (Å²) in [5.41, 5.74) is 7.88. The standard InChI is InChI=1S/C26H30N2O4S2/c1-32-25(21-8-5-9-22(18-21)26(27)29)23-12-13-24(33-23)34(30,31)28-16-14-20(15-17-28)11-10-19-6-3-2-4-7-19/h2-9,12-13,18,20,25H,10-11,14-17H2,1H3,(H2,27,29). The van der Waals surface area contributed by atoms with Crippen molar-refractivity contribution < 1.29 is 17.9 Å². The van der Waals surface area contributed by atoms with Crippen LogP contribution in [0.1, 0.15) is 51.7 Å². The molecule has 4 rings (SSSR count). The van der Waals surface area contributed by atoms with E-state index in [-0.39, 0.29) is 0 Å². The van der Waals surface area contributed by atoms with Crippen LogP contribution in [0.3, 0.4) is 0 Å². The highest BCUT2D eigenvalue weighted by Gasteiger charge is 2.31. The smallest absolute Gasteiger partial charge is 0.252 e. The summed E-state index contributed by atoms with van der Waals surface area (Å²) in [6.07, 6.45) is 3.40. The predicted molar refractivity (Wildman–Crippen MR) is 134 cm³/mol. The molecule has 1 saturated heterocycles. The molecule has 6 nitrogen and oxygen atoms in total. The van der Waals surface area contributed by atoms with Crippen LogP contribution in [-0.2, 0) is 21.2 Å². The fourth-order valence-corrected chi connectivity index (χ4v) is 7.52. The number of benzene rings is 2. The minimum atomic E-state index is -3.56. The Hall–Kier alpha value is -2.52. The Morgan fingerprint density at radius 2 is 1.82 bits per heavy atom. The van der Waals surface area contributed by atoms with Crippen LogP contribution in [0.15, 0.2) is 70.9 Å². The van der Waals surface area contributed by atoms with Gasteiger partial charge in [-0.05, 0) is 67.0 Å². The molecule has 0 saturated carbocycles. The lowest BCUT2D eigenvalue weighted by Crippen LogP contribution is -2.38. The summed E-state index contributed by atoms with van der Waals surface area (Å²) in [5.74, 6) is 0.0271. The molecule has 180 valence electrons. The average Bonchev–Trinajstić information content (AvgIpc) is 3.35. The third-order valence-corrected chi connectivity index (χ3v) is 9.92. The summed E-state index contributed by atoms with van der Waals surface area (Å²) < 4.78 is 34.2. The zero-order chi connectivity index (χ0) is 24.1. The molecule has 2 heterocycles. The van der Waals surface area contributed by atoms with Crippen LogP contribution in [0.5, 0.6) is 0 Å². The topological polar surface area (TPSA) is 89.7 Å². The quantitative estimate of drug-likeness (QED) is 0.466. The maximum atomic E-state index is 13.3. The molecule has 8 heteroatoms. The molecule has 1 unspecified atom stereocenters. The van der Waals surface area contributed by atoms with Crippen molar-refractivity contribution in [1.29, 1.82) is 0 Å². The maximum absolute atomic E-state index is 13.3. The van der Waals surface area contributed by atoms with Crippen molar-refractivity contribution in [3.05, 3.63) is 88.3 Å². The van der Waals surface area contributed by atoms with E-state index in [1.807, 2.05) is 12.1 Å². The number of carbonyl (C=O) groups is 1. The monoisotopic (exact) mass is 498 g/mol. The number of sulfonamides is 1. The van der Waals surface area contributed by atoms with Gasteiger partial charge in [0.2, 0.25) is 5.91 Å². The molecule has 2 aromatic carbocycles. The summed E-state index contributed by atoms with van der Waals surface area (Å²) in [6, 6.07) is 20.8. The summed E-state index contributed by atoms with van der Waals surface area (Å²) in [4.78, 5) is 12.3. The van der Waals surface area contributed by atoms with Crippen LogP contribution in [-0.4, -0.2) is 38.8 Å². The second kappa shape index (κ2) is 10.8. The second-order valence-electron chi connectivity index (χ2n) is 8.63. The molecule has 0 spiro atoms. The van der Waals surface area contributed by atoms with Gasteiger partial charge in [-0.2, -0.15) is 4.31 Å². The van der Waals surface area contributed by atoms with E-state index in [9.17, 15) is 13.2 Å². The zero-order valence-corrected chi connectivity index (χ0v) is 20.9.